The number of hydrogen-bond donors (Lipinski definition) is 1. The summed E-state index contributed by atoms with van der Waals surface area (Å²) in [4.78, 5) is 0. The molecule has 1 aromatic rings. The molecule has 72 valence electrons. The summed E-state index contributed by atoms with van der Waals surface area (Å²) >= 11 is 3.41. The number of rotatable bonds is 2. The van der Waals surface area contributed by atoms with E-state index in [0.29, 0.717) is 5.92 Å². The smallest absolute Gasteiger partial charge is 0.0404 e. The molecule has 0 radical (unpaired) electrons. The van der Waals surface area contributed by atoms with Crippen LogP contribution in [0.5, 0.6) is 0 Å². The minimum Gasteiger partial charge on any atom is -0.321 e. The fraction of sp³-hybridized carbons (Fsp3) is 0.455. The minimum absolute atomic E-state index is 0.235. The van der Waals surface area contributed by atoms with Crippen molar-refractivity contribution in [3.8, 4) is 0 Å². The summed E-state index contributed by atoms with van der Waals surface area (Å²) in [5.74, 6) is 0.439. The molecule has 0 aromatic heterocycles. The van der Waals surface area contributed by atoms with Crippen LogP contribution in [0.25, 0.3) is 0 Å². The molecule has 2 heteroatoms. The Morgan fingerprint density at radius 2 is 1.69 bits per heavy atom. The molecule has 0 saturated carbocycles. The highest BCUT2D eigenvalue weighted by molar-refractivity contribution is 9.10. The summed E-state index contributed by atoms with van der Waals surface area (Å²) in [6.45, 7) is 6.35. The highest BCUT2D eigenvalue weighted by Gasteiger charge is 2.24. The monoisotopic (exact) mass is 241 g/mol. The van der Waals surface area contributed by atoms with Gasteiger partial charge in [0.2, 0.25) is 0 Å². The lowest BCUT2D eigenvalue weighted by atomic mass is 9.83. The van der Waals surface area contributed by atoms with Crippen molar-refractivity contribution in [2.75, 3.05) is 0 Å². The van der Waals surface area contributed by atoms with Gasteiger partial charge in [-0.05, 0) is 30.5 Å². The van der Waals surface area contributed by atoms with E-state index in [0.717, 1.165) is 4.47 Å². The van der Waals surface area contributed by atoms with Gasteiger partial charge in [0.25, 0.3) is 0 Å². The fourth-order valence-corrected chi connectivity index (χ4v) is 1.41. The van der Waals surface area contributed by atoms with E-state index in [9.17, 15) is 0 Å². The molecule has 2 N–H and O–H groups in total. The molecule has 1 nitrogen and oxygen atoms in total. The Hall–Kier alpha value is -0.340. The topological polar surface area (TPSA) is 26.0 Å². The van der Waals surface area contributed by atoms with Gasteiger partial charge >= 0.3 is 0 Å². The van der Waals surface area contributed by atoms with Gasteiger partial charge in [-0.2, -0.15) is 0 Å². The highest BCUT2D eigenvalue weighted by atomic mass is 79.9. The summed E-state index contributed by atoms with van der Waals surface area (Å²) in [5, 5.41) is 0. The van der Waals surface area contributed by atoms with Gasteiger partial charge in [0, 0.05) is 10.0 Å². The summed E-state index contributed by atoms with van der Waals surface area (Å²) in [5.41, 5.74) is 7.17. The van der Waals surface area contributed by atoms with Crippen molar-refractivity contribution >= 4 is 15.9 Å². The van der Waals surface area contributed by atoms with Crippen LogP contribution in [0.15, 0.2) is 28.7 Å². The molecule has 0 amide bonds. The largest absolute Gasteiger partial charge is 0.321 e. The van der Waals surface area contributed by atoms with Gasteiger partial charge in [0.1, 0.15) is 0 Å². The van der Waals surface area contributed by atoms with Crippen molar-refractivity contribution in [2.45, 2.75) is 26.3 Å². The van der Waals surface area contributed by atoms with E-state index in [1.54, 1.807) is 0 Å². The Morgan fingerprint density at radius 1 is 1.23 bits per heavy atom. The fourth-order valence-electron chi connectivity index (χ4n) is 1.14. The van der Waals surface area contributed by atoms with Crippen molar-refractivity contribution < 1.29 is 0 Å². The van der Waals surface area contributed by atoms with Crippen LogP contribution in [0.4, 0.5) is 0 Å². The number of halogens is 1. The van der Waals surface area contributed by atoms with Gasteiger partial charge in [-0.15, -0.1) is 0 Å². The lowest BCUT2D eigenvalue weighted by molar-refractivity contribution is 0.350. The van der Waals surface area contributed by atoms with Crippen LogP contribution in [0.1, 0.15) is 26.3 Å². The molecule has 1 aromatic carbocycles. The van der Waals surface area contributed by atoms with Gasteiger partial charge in [0.15, 0.2) is 0 Å². The molecule has 0 aliphatic heterocycles. The maximum atomic E-state index is 6.22. The Balaban J connectivity index is 3.01. The number of nitrogens with two attached hydrogens (primary N) is 1. The SMILES string of the molecule is CC(C)C(C)(N)c1ccc(Br)cc1. The molecule has 0 spiro atoms. The minimum atomic E-state index is -0.235. The van der Waals surface area contributed by atoms with Crippen LogP contribution in [-0.2, 0) is 5.54 Å². The Labute approximate surface area is 88.5 Å². The zero-order chi connectivity index (χ0) is 10.1. The maximum absolute atomic E-state index is 6.22. The summed E-state index contributed by atoms with van der Waals surface area (Å²) in [7, 11) is 0. The van der Waals surface area contributed by atoms with Gasteiger partial charge in [-0.1, -0.05) is 41.9 Å². The molecule has 13 heavy (non-hydrogen) atoms. The zero-order valence-corrected chi connectivity index (χ0v) is 9.93. The highest BCUT2D eigenvalue weighted by Crippen LogP contribution is 2.26. The molecule has 0 aliphatic rings. The van der Waals surface area contributed by atoms with Gasteiger partial charge in [0.05, 0.1) is 0 Å². The average molecular weight is 242 g/mol. The number of benzene rings is 1. The van der Waals surface area contributed by atoms with E-state index >= 15 is 0 Å². The van der Waals surface area contributed by atoms with Gasteiger partial charge in [-0.25, -0.2) is 0 Å². The van der Waals surface area contributed by atoms with E-state index in [4.69, 9.17) is 5.73 Å². The maximum Gasteiger partial charge on any atom is 0.0404 e. The molecular weight excluding hydrogens is 226 g/mol. The first-order valence-corrected chi connectivity index (χ1v) is 5.29. The molecule has 0 saturated heterocycles. The second-order valence-corrected chi connectivity index (χ2v) is 4.86. The van der Waals surface area contributed by atoms with Gasteiger partial charge in [-0.3, -0.25) is 0 Å². The third-order valence-corrected chi connectivity index (χ3v) is 3.19. The molecule has 1 unspecified atom stereocenters. The first-order valence-electron chi connectivity index (χ1n) is 4.49. The first kappa shape index (κ1) is 10.7. The quantitative estimate of drug-likeness (QED) is 0.846. The normalized spacial score (nSPS) is 15.8. The van der Waals surface area contributed by atoms with E-state index < -0.39 is 0 Å². The second kappa shape index (κ2) is 3.81. The molecule has 1 rings (SSSR count). The van der Waals surface area contributed by atoms with E-state index in [2.05, 4.69) is 48.8 Å². The third-order valence-electron chi connectivity index (χ3n) is 2.67. The van der Waals surface area contributed by atoms with Crippen LogP contribution in [0.2, 0.25) is 0 Å². The van der Waals surface area contributed by atoms with Crippen LogP contribution in [-0.4, -0.2) is 0 Å². The summed E-state index contributed by atoms with van der Waals surface area (Å²) < 4.78 is 1.09. The standard InChI is InChI=1S/C11H16BrN/c1-8(2)11(3,13)9-4-6-10(12)7-5-9/h4-8H,13H2,1-3H3. The van der Waals surface area contributed by atoms with E-state index in [1.165, 1.54) is 5.56 Å². The Bertz CT molecular complexity index is 275. The predicted octanol–water partition coefficient (Wildman–Crippen LogP) is 3.28. The summed E-state index contributed by atoms with van der Waals surface area (Å²) in [6, 6.07) is 8.21. The lowest BCUT2D eigenvalue weighted by Gasteiger charge is -2.29. The van der Waals surface area contributed by atoms with Crippen molar-refractivity contribution in [1.29, 1.82) is 0 Å². The van der Waals surface area contributed by atoms with Crippen LogP contribution in [0, 0.1) is 5.92 Å². The molecule has 0 heterocycles. The van der Waals surface area contributed by atoms with Crippen LogP contribution >= 0.6 is 15.9 Å². The molecular formula is C11H16BrN. The molecule has 0 fully saturated rings. The van der Waals surface area contributed by atoms with Gasteiger partial charge < -0.3 is 5.73 Å². The molecule has 0 aliphatic carbocycles. The van der Waals surface area contributed by atoms with Crippen molar-refractivity contribution in [3.63, 3.8) is 0 Å². The predicted molar refractivity (Wildman–Crippen MR) is 60.5 cm³/mol. The van der Waals surface area contributed by atoms with Crippen molar-refractivity contribution in [3.05, 3.63) is 34.3 Å². The second-order valence-electron chi connectivity index (χ2n) is 3.94. The summed E-state index contributed by atoms with van der Waals surface area (Å²) in [6.07, 6.45) is 0. The third kappa shape index (κ3) is 2.32. The van der Waals surface area contributed by atoms with Crippen LogP contribution in [0.3, 0.4) is 0 Å². The molecule has 0 bridgehead atoms. The van der Waals surface area contributed by atoms with E-state index in [1.807, 2.05) is 12.1 Å². The molecule has 1 atom stereocenters. The van der Waals surface area contributed by atoms with Crippen molar-refractivity contribution in [2.24, 2.45) is 11.7 Å². The Kier molecular flexibility index (Phi) is 3.14. The average Bonchev–Trinajstić information content (AvgIpc) is 2.04. The zero-order valence-electron chi connectivity index (χ0n) is 8.34. The van der Waals surface area contributed by atoms with Crippen molar-refractivity contribution in [1.82, 2.24) is 0 Å². The number of hydrogen-bond acceptors (Lipinski definition) is 1. The first-order chi connectivity index (χ1) is 5.94. The van der Waals surface area contributed by atoms with E-state index in [-0.39, 0.29) is 5.54 Å². The van der Waals surface area contributed by atoms with Crippen LogP contribution < -0.4 is 5.73 Å². The lowest BCUT2D eigenvalue weighted by Crippen LogP contribution is -2.38. The Morgan fingerprint density at radius 3 is 2.08 bits per heavy atom.